The minimum atomic E-state index is -0.564. The first-order valence-electron chi connectivity index (χ1n) is 9.82. The predicted molar refractivity (Wildman–Crippen MR) is 125 cm³/mol. The maximum absolute atomic E-state index is 13.0. The molecule has 0 aromatic heterocycles. The molecule has 2 N–H and O–H groups in total. The van der Waals surface area contributed by atoms with Gasteiger partial charge >= 0.3 is 0 Å². The fourth-order valence-corrected chi connectivity index (χ4v) is 3.37. The SMILES string of the molecule is CCCN(CC(=O)Nc1ccc(Cl)cc1Cl)C(=O)c1ccc(NCCOC)c([N+](=O)[O-])c1. The molecule has 0 aliphatic heterocycles. The molecule has 9 nitrogen and oxygen atoms in total. The van der Waals surface area contributed by atoms with Gasteiger partial charge in [0, 0.05) is 36.9 Å². The summed E-state index contributed by atoms with van der Waals surface area (Å²) in [5.74, 6) is -0.945. The van der Waals surface area contributed by atoms with Crippen LogP contribution in [-0.4, -0.2) is 55.0 Å². The molecule has 0 bridgehead atoms. The van der Waals surface area contributed by atoms with E-state index >= 15 is 0 Å². The van der Waals surface area contributed by atoms with Crippen molar-refractivity contribution in [2.75, 3.05) is 44.0 Å². The zero-order chi connectivity index (χ0) is 23.7. The number of benzene rings is 2. The van der Waals surface area contributed by atoms with E-state index in [0.29, 0.717) is 36.8 Å². The number of methoxy groups -OCH3 is 1. The number of carbonyl (C=O) groups is 2. The third kappa shape index (κ3) is 7.08. The van der Waals surface area contributed by atoms with Crippen LogP contribution in [0.5, 0.6) is 0 Å². The van der Waals surface area contributed by atoms with E-state index in [2.05, 4.69) is 10.6 Å². The lowest BCUT2D eigenvalue weighted by molar-refractivity contribution is -0.384. The quantitative estimate of drug-likeness (QED) is 0.277. The first kappa shape index (κ1) is 25.4. The first-order chi connectivity index (χ1) is 15.3. The number of carbonyl (C=O) groups excluding carboxylic acids is 2. The minimum Gasteiger partial charge on any atom is -0.383 e. The average molecular weight is 483 g/mol. The highest BCUT2D eigenvalue weighted by molar-refractivity contribution is 6.36. The number of nitro benzene ring substituents is 1. The van der Waals surface area contributed by atoms with Crippen LogP contribution >= 0.6 is 23.2 Å². The van der Waals surface area contributed by atoms with Crippen LogP contribution in [0.25, 0.3) is 0 Å². The summed E-state index contributed by atoms with van der Waals surface area (Å²) in [6, 6.07) is 8.80. The van der Waals surface area contributed by atoms with Crippen LogP contribution in [0.15, 0.2) is 36.4 Å². The maximum atomic E-state index is 13.0. The zero-order valence-electron chi connectivity index (χ0n) is 17.7. The standard InChI is InChI=1S/C21H24Cl2N4O5/c1-3-9-26(13-20(28)25-17-7-5-15(22)12-16(17)23)21(29)14-4-6-18(24-8-10-32-2)19(11-14)27(30)31/h4-7,11-12,24H,3,8-10,13H2,1-2H3,(H,25,28). The van der Waals surface area contributed by atoms with Crippen LogP contribution in [0.1, 0.15) is 23.7 Å². The Hall–Kier alpha value is -2.88. The second kappa shape index (κ2) is 12.2. The van der Waals surface area contributed by atoms with Crippen molar-refractivity contribution in [2.24, 2.45) is 0 Å². The molecule has 0 heterocycles. The molecule has 0 unspecified atom stereocenters. The molecule has 2 aromatic carbocycles. The number of ether oxygens (including phenoxy) is 1. The van der Waals surface area contributed by atoms with Gasteiger partial charge in [-0.15, -0.1) is 0 Å². The van der Waals surface area contributed by atoms with Gasteiger partial charge in [0.25, 0.3) is 11.6 Å². The van der Waals surface area contributed by atoms with Gasteiger partial charge in [-0.1, -0.05) is 30.1 Å². The van der Waals surface area contributed by atoms with E-state index in [1.165, 1.54) is 36.3 Å². The highest BCUT2D eigenvalue weighted by atomic mass is 35.5. The van der Waals surface area contributed by atoms with Crippen LogP contribution in [0.3, 0.4) is 0 Å². The van der Waals surface area contributed by atoms with Gasteiger partial charge in [-0.3, -0.25) is 19.7 Å². The van der Waals surface area contributed by atoms with Gasteiger partial charge in [-0.2, -0.15) is 0 Å². The van der Waals surface area contributed by atoms with Crippen LogP contribution in [0.4, 0.5) is 17.1 Å². The largest absolute Gasteiger partial charge is 0.383 e. The summed E-state index contributed by atoms with van der Waals surface area (Å²) in [5.41, 5.74) is 0.522. The molecule has 0 atom stereocenters. The number of amides is 2. The lowest BCUT2D eigenvalue weighted by atomic mass is 10.1. The lowest BCUT2D eigenvalue weighted by Gasteiger charge is -2.22. The van der Waals surface area contributed by atoms with Crippen LogP contribution in [0, 0.1) is 10.1 Å². The molecule has 0 aliphatic carbocycles. The molecule has 2 amide bonds. The van der Waals surface area contributed by atoms with Gasteiger partial charge in [-0.25, -0.2) is 0 Å². The number of nitrogens with zero attached hydrogens (tertiary/aromatic N) is 2. The fourth-order valence-electron chi connectivity index (χ4n) is 2.91. The normalized spacial score (nSPS) is 10.5. The number of hydrogen-bond donors (Lipinski definition) is 2. The Labute approximate surface area is 195 Å². The molecule has 0 aliphatic rings. The van der Waals surface area contributed by atoms with E-state index < -0.39 is 16.7 Å². The molecule has 0 spiro atoms. The van der Waals surface area contributed by atoms with Crippen molar-refractivity contribution in [3.8, 4) is 0 Å². The number of anilines is 2. The van der Waals surface area contributed by atoms with E-state index in [4.69, 9.17) is 27.9 Å². The number of rotatable bonds is 11. The molecular formula is C21H24Cl2N4O5. The summed E-state index contributed by atoms with van der Waals surface area (Å²) < 4.78 is 4.93. The molecule has 0 fully saturated rings. The average Bonchev–Trinajstić information content (AvgIpc) is 2.75. The van der Waals surface area contributed by atoms with Crippen LogP contribution < -0.4 is 10.6 Å². The van der Waals surface area contributed by atoms with E-state index in [9.17, 15) is 19.7 Å². The predicted octanol–water partition coefficient (Wildman–Crippen LogP) is 4.45. The topological polar surface area (TPSA) is 114 Å². The number of hydrogen-bond acceptors (Lipinski definition) is 6. The molecular weight excluding hydrogens is 459 g/mol. The number of nitrogens with one attached hydrogen (secondary N) is 2. The van der Waals surface area contributed by atoms with Crippen molar-refractivity contribution in [1.29, 1.82) is 0 Å². The van der Waals surface area contributed by atoms with Gasteiger partial charge in [-0.05, 0) is 36.8 Å². The lowest BCUT2D eigenvalue weighted by Crippen LogP contribution is -2.38. The molecule has 11 heteroatoms. The Balaban J connectivity index is 2.18. The number of nitro groups is 1. The van der Waals surface area contributed by atoms with Gasteiger partial charge < -0.3 is 20.3 Å². The minimum absolute atomic E-state index is 0.111. The van der Waals surface area contributed by atoms with E-state index in [1.54, 1.807) is 12.1 Å². The van der Waals surface area contributed by atoms with Crippen molar-refractivity contribution < 1.29 is 19.2 Å². The van der Waals surface area contributed by atoms with Crippen molar-refractivity contribution >= 4 is 52.1 Å². The van der Waals surface area contributed by atoms with E-state index in [0.717, 1.165) is 0 Å². The molecule has 172 valence electrons. The maximum Gasteiger partial charge on any atom is 0.293 e. The van der Waals surface area contributed by atoms with Crippen LogP contribution in [-0.2, 0) is 9.53 Å². The van der Waals surface area contributed by atoms with Gasteiger partial charge in [0.2, 0.25) is 5.91 Å². The van der Waals surface area contributed by atoms with E-state index in [-0.39, 0.29) is 28.5 Å². The van der Waals surface area contributed by atoms with Crippen molar-refractivity contribution in [3.05, 3.63) is 62.1 Å². The second-order valence-electron chi connectivity index (χ2n) is 6.81. The van der Waals surface area contributed by atoms with E-state index in [1.807, 2.05) is 6.92 Å². The third-order valence-electron chi connectivity index (χ3n) is 4.38. The molecule has 0 saturated heterocycles. The van der Waals surface area contributed by atoms with Crippen molar-refractivity contribution in [3.63, 3.8) is 0 Å². The molecule has 0 saturated carbocycles. The van der Waals surface area contributed by atoms with Crippen molar-refractivity contribution in [1.82, 2.24) is 4.90 Å². The Bertz CT molecular complexity index is 987. The highest BCUT2D eigenvalue weighted by Gasteiger charge is 2.23. The monoisotopic (exact) mass is 482 g/mol. The molecule has 32 heavy (non-hydrogen) atoms. The summed E-state index contributed by atoms with van der Waals surface area (Å²) in [4.78, 5) is 37.8. The smallest absolute Gasteiger partial charge is 0.293 e. The summed E-state index contributed by atoms with van der Waals surface area (Å²) in [6.45, 7) is 2.66. The summed E-state index contributed by atoms with van der Waals surface area (Å²) in [7, 11) is 1.53. The first-order valence-corrected chi connectivity index (χ1v) is 10.6. The molecule has 0 radical (unpaired) electrons. The van der Waals surface area contributed by atoms with Gasteiger partial charge in [0.05, 0.1) is 22.2 Å². The Morgan fingerprint density at radius 1 is 1.16 bits per heavy atom. The Morgan fingerprint density at radius 2 is 1.88 bits per heavy atom. The van der Waals surface area contributed by atoms with Crippen molar-refractivity contribution in [2.45, 2.75) is 13.3 Å². The summed E-state index contributed by atoms with van der Waals surface area (Å²) >= 11 is 11.9. The molecule has 2 rings (SSSR count). The second-order valence-corrected chi connectivity index (χ2v) is 7.65. The summed E-state index contributed by atoms with van der Waals surface area (Å²) in [6.07, 6.45) is 0.597. The van der Waals surface area contributed by atoms with Gasteiger partial charge in [0.15, 0.2) is 0 Å². The van der Waals surface area contributed by atoms with Gasteiger partial charge in [0.1, 0.15) is 12.2 Å². The third-order valence-corrected chi connectivity index (χ3v) is 4.93. The van der Waals surface area contributed by atoms with Crippen LogP contribution in [0.2, 0.25) is 10.0 Å². The fraction of sp³-hybridized carbons (Fsp3) is 0.333. The highest BCUT2D eigenvalue weighted by Crippen LogP contribution is 2.27. The summed E-state index contributed by atoms with van der Waals surface area (Å²) in [5, 5.41) is 17.7. The Kier molecular flexibility index (Phi) is 9.70. The molecule has 2 aromatic rings. The Morgan fingerprint density at radius 3 is 2.50 bits per heavy atom. The number of halogens is 2. The zero-order valence-corrected chi connectivity index (χ0v) is 19.2.